The van der Waals surface area contributed by atoms with Gasteiger partial charge in [-0.05, 0) is 18.4 Å². The zero-order valence-corrected chi connectivity index (χ0v) is 14.0. The molecular weight excluding hydrogens is 288 g/mol. The number of hydrogen-bond acceptors (Lipinski definition) is 5. The number of aryl methyl sites for hydroxylation is 1. The van der Waals surface area contributed by atoms with Gasteiger partial charge in [0.1, 0.15) is 4.99 Å². The lowest BCUT2D eigenvalue weighted by Crippen LogP contribution is -2.39. The van der Waals surface area contributed by atoms with Gasteiger partial charge < -0.3 is 10.6 Å². The minimum absolute atomic E-state index is 0.437. The van der Waals surface area contributed by atoms with Crippen molar-refractivity contribution in [3.63, 3.8) is 0 Å². The van der Waals surface area contributed by atoms with E-state index in [0.29, 0.717) is 10.2 Å². The molecule has 0 amide bonds. The van der Waals surface area contributed by atoms with Crippen molar-refractivity contribution < 1.29 is 0 Å². The summed E-state index contributed by atoms with van der Waals surface area (Å²) in [6.45, 7) is 8.41. The summed E-state index contributed by atoms with van der Waals surface area (Å²) in [5, 5.41) is 9.43. The molecule has 1 aromatic rings. The van der Waals surface area contributed by atoms with Gasteiger partial charge >= 0.3 is 0 Å². The first-order chi connectivity index (χ1) is 9.58. The van der Waals surface area contributed by atoms with Crippen LogP contribution in [0.5, 0.6) is 0 Å². The SMILES string of the molecule is CCc1nnc(N2CCSC(C)C2)c(C(N)=S)c1CC. The van der Waals surface area contributed by atoms with E-state index < -0.39 is 0 Å². The van der Waals surface area contributed by atoms with Crippen LogP contribution in [0.15, 0.2) is 0 Å². The Morgan fingerprint density at radius 1 is 1.40 bits per heavy atom. The topological polar surface area (TPSA) is 55.0 Å². The molecule has 0 radical (unpaired) electrons. The summed E-state index contributed by atoms with van der Waals surface area (Å²) in [4.78, 5) is 2.72. The molecule has 2 rings (SSSR count). The number of nitrogens with two attached hydrogens (primary N) is 1. The first-order valence-corrected chi connectivity index (χ1v) is 8.58. The fourth-order valence-electron chi connectivity index (χ4n) is 2.65. The van der Waals surface area contributed by atoms with Crippen LogP contribution in [-0.4, -0.2) is 39.3 Å². The summed E-state index contributed by atoms with van der Waals surface area (Å²) in [6, 6.07) is 0. The quantitative estimate of drug-likeness (QED) is 0.860. The highest BCUT2D eigenvalue weighted by atomic mass is 32.2. The van der Waals surface area contributed by atoms with E-state index in [4.69, 9.17) is 18.0 Å². The van der Waals surface area contributed by atoms with Crippen molar-refractivity contribution in [3.8, 4) is 0 Å². The molecule has 0 aromatic carbocycles. The molecule has 1 aliphatic heterocycles. The van der Waals surface area contributed by atoms with Crippen molar-refractivity contribution in [2.24, 2.45) is 5.73 Å². The minimum atomic E-state index is 0.437. The Morgan fingerprint density at radius 2 is 2.15 bits per heavy atom. The van der Waals surface area contributed by atoms with Crippen molar-refractivity contribution in [2.75, 3.05) is 23.7 Å². The highest BCUT2D eigenvalue weighted by Crippen LogP contribution is 2.28. The van der Waals surface area contributed by atoms with Crippen LogP contribution in [0.2, 0.25) is 0 Å². The molecular formula is C14H22N4S2. The Kier molecular flexibility index (Phi) is 5.21. The second kappa shape index (κ2) is 6.72. The molecule has 0 spiro atoms. The van der Waals surface area contributed by atoms with Gasteiger partial charge in [0.05, 0.1) is 11.3 Å². The molecule has 2 N–H and O–H groups in total. The van der Waals surface area contributed by atoms with Gasteiger partial charge in [0.2, 0.25) is 0 Å². The zero-order chi connectivity index (χ0) is 14.7. The average molecular weight is 310 g/mol. The average Bonchev–Trinajstić information content (AvgIpc) is 2.45. The Labute approximate surface area is 130 Å². The maximum atomic E-state index is 5.99. The molecule has 1 atom stereocenters. The van der Waals surface area contributed by atoms with Gasteiger partial charge in [0.25, 0.3) is 0 Å². The van der Waals surface area contributed by atoms with E-state index in [1.54, 1.807) is 0 Å². The van der Waals surface area contributed by atoms with Crippen molar-refractivity contribution in [1.29, 1.82) is 0 Å². The summed E-state index contributed by atoms with van der Waals surface area (Å²) >= 11 is 7.28. The second-order valence-corrected chi connectivity index (χ2v) is 7.01. The molecule has 2 heterocycles. The van der Waals surface area contributed by atoms with Crippen LogP contribution >= 0.6 is 24.0 Å². The van der Waals surface area contributed by atoms with E-state index in [0.717, 1.165) is 54.3 Å². The summed E-state index contributed by atoms with van der Waals surface area (Å²) in [6.07, 6.45) is 1.74. The van der Waals surface area contributed by atoms with E-state index in [1.807, 2.05) is 11.8 Å². The predicted octanol–water partition coefficient (Wildman–Crippen LogP) is 2.18. The van der Waals surface area contributed by atoms with Crippen LogP contribution in [0.4, 0.5) is 5.82 Å². The van der Waals surface area contributed by atoms with E-state index >= 15 is 0 Å². The summed E-state index contributed by atoms with van der Waals surface area (Å²) < 4.78 is 0. The molecule has 1 unspecified atom stereocenters. The molecule has 1 saturated heterocycles. The van der Waals surface area contributed by atoms with Gasteiger partial charge in [-0.3, -0.25) is 0 Å². The van der Waals surface area contributed by atoms with Crippen molar-refractivity contribution in [1.82, 2.24) is 10.2 Å². The number of aromatic nitrogens is 2. The molecule has 0 saturated carbocycles. The highest BCUT2D eigenvalue weighted by molar-refractivity contribution is 8.00. The number of rotatable bonds is 4. The van der Waals surface area contributed by atoms with Crippen LogP contribution in [0.25, 0.3) is 0 Å². The lowest BCUT2D eigenvalue weighted by Gasteiger charge is -2.33. The third-order valence-corrected chi connectivity index (χ3v) is 4.96. The summed E-state index contributed by atoms with van der Waals surface area (Å²) in [5.74, 6) is 1.98. The molecule has 1 aliphatic rings. The number of thiocarbonyl (C=S) groups is 1. The maximum absolute atomic E-state index is 5.99. The van der Waals surface area contributed by atoms with Gasteiger partial charge in [-0.2, -0.15) is 16.9 Å². The first-order valence-electron chi connectivity index (χ1n) is 7.13. The molecule has 0 bridgehead atoms. The monoisotopic (exact) mass is 310 g/mol. The molecule has 4 nitrogen and oxygen atoms in total. The number of anilines is 1. The zero-order valence-electron chi connectivity index (χ0n) is 12.3. The normalized spacial score (nSPS) is 19.1. The number of hydrogen-bond donors (Lipinski definition) is 1. The van der Waals surface area contributed by atoms with Crippen LogP contribution in [0.3, 0.4) is 0 Å². The molecule has 1 fully saturated rings. The smallest absolute Gasteiger partial charge is 0.161 e. The highest BCUT2D eigenvalue weighted by Gasteiger charge is 2.24. The number of nitrogens with zero attached hydrogens (tertiary/aromatic N) is 3. The lowest BCUT2D eigenvalue weighted by molar-refractivity contribution is 0.747. The molecule has 0 aliphatic carbocycles. The van der Waals surface area contributed by atoms with Gasteiger partial charge in [-0.25, -0.2) is 0 Å². The van der Waals surface area contributed by atoms with Gasteiger partial charge in [0, 0.05) is 24.1 Å². The minimum Gasteiger partial charge on any atom is -0.389 e. The van der Waals surface area contributed by atoms with E-state index in [-0.39, 0.29) is 0 Å². The second-order valence-electron chi connectivity index (χ2n) is 5.02. The standard InChI is InChI=1S/C14H22N4S2/c1-4-10-11(5-2)16-17-14(12(10)13(15)19)18-6-7-20-9(3)8-18/h9H,4-8H2,1-3H3,(H2,15,19). The molecule has 1 aromatic heterocycles. The molecule has 6 heteroatoms. The Morgan fingerprint density at radius 3 is 2.70 bits per heavy atom. The largest absolute Gasteiger partial charge is 0.389 e. The third kappa shape index (κ3) is 3.06. The van der Waals surface area contributed by atoms with E-state index in [1.165, 1.54) is 0 Å². The van der Waals surface area contributed by atoms with Crippen molar-refractivity contribution >= 4 is 34.8 Å². The van der Waals surface area contributed by atoms with E-state index in [9.17, 15) is 0 Å². The van der Waals surface area contributed by atoms with Crippen molar-refractivity contribution in [2.45, 2.75) is 38.9 Å². The van der Waals surface area contributed by atoms with Crippen LogP contribution in [0, 0.1) is 0 Å². The van der Waals surface area contributed by atoms with Crippen LogP contribution < -0.4 is 10.6 Å². The van der Waals surface area contributed by atoms with E-state index in [2.05, 4.69) is 35.9 Å². The summed E-state index contributed by atoms with van der Waals surface area (Å²) in [7, 11) is 0. The fourth-order valence-corrected chi connectivity index (χ4v) is 3.88. The first kappa shape index (κ1) is 15.5. The fraction of sp³-hybridized carbons (Fsp3) is 0.643. The Hall–Kier alpha value is -0.880. The van der Waals surface area contributed by atoms with Gasteiger partial charge in [-0.15, -0.1) is 5.10 Å². The lowest BCUT2D eigenvalue weighted by atomic mass is 10.0. The predicted molar refractivity (Wildman–Crippen MR) is 90.8 cm³/mol. The summed E-state index contributed by atoms with van der Waals surface area (Å²) in [5.41, 5.74) is 9.10. The molecule has 20 heavy (non-hydrogen) atoms. The van der Waals surface area contributed by atoms with Crippen molar-refractivity contribution in [3.05, 3.63) is 16.8 Å². The Bertz CT molecular complexity index is 504. The number of thioether (sulfide) groups is 1. The maximum Gasteiger partial charge on any atom is 0.161 e. The molecule has 110 valence electrons. The van der Waals surface area contributed by atoms with Crippen LogP contribution in [0.1, 0.15) is 37.6 Å². The van der Waals surface area contributed by atoms with Gasteiger partial charge in [0.15, 0.2) is 5.82 Å². The van der Waals surface area contributed by atoms with Crippen LogP contribution in [-0.2, 0) is 12.8 Å². The Balaban J connectivity index is 2.49. The van der Waals surface area contributed by atoms with Gasteiger partial charge in [-0.1, -0.05) is 33.0 Å². The third-order valence-electron chi connectivity index (χ3n) is 3.61.